The molecule has 13 heteroatoms. The second-order valence-electron chi connectivity index (χ2n) is 12.7. The standard InChI is InChI=1S/C34H45N9O4/c1-23-21-46-19-17-42(23)32-37-30(38-33(39-32)43-18-20-47-22-24(43)2)25-5-9-27(10-6-25)35-34(45)36-28-11-7-26(8-12-28)31(44)41-15-13-29(14-16-41)40(3)4/h5-12,23-24,29H,13-22H2,1-4H3,(H2,35,36,45)/t23-,24-/m1/s1. The SMILES string of the molecule is C[C@@H]1COCCN1c1nc(-c2ccc(NC(=O)Nc3ccc(C(=O)N4CCC(N(C)C)CC4)cc3)cc2)nc(N2CCOC[C@H]2C)n1. The van der Waals surface area contributed by atoms with Crippen LogP contribution in [0.4, 0.5) is 28.1 Å². The molecule has 3 aliphatic heterocycles. The van der Waals surface area contributed by atoms with Gasteiger partial charge in [0.15, 0.2) is 5.82 Å². The molecule has 2 N–H and O–H groups in total. The fourth-order valence-electron chi connectivity index (χ4n) is 6.25. The van der Waals surface area contributed by atoms with Gasteiger partial charge in [0.2, 0.25) is 11.9 Å². The molecule has 2 aromatic carbocycles. The highest BCUT2D eigenvalue weighted by Crippen LogP contribution is 2.26. The van der Waals surface area contributed by atoms with Crippen LogP contribution in [0.2, 0.25) is 0 Å². The summed E-state index contributed by atoms with van der Waals surface area (Å²) in [6.07, 6.45) is 1.94. The van der Waals surface area contributed by atoms with E-state index in [1.165, 1.54) is 0 Å². The number of ether oxygens (including phenoxy) is 2. The second kappa shape index (κ2) is 14.6. The highest BCUT2D eigenvalue weighted by molar-refractivity contribution is 6.00. The molecule has 3 aromatic rings. The first-order chi connectivity index (χ1) is 22.7. The Morgan fingerprint density at radius 3 is 1.74 bits per heavy atom. The second-order valence-corrected chi connectivity index (χ2v) is 12.7. The molecule has 6 rings (SSSR count). The zero-order valence-electron chi connectivity index (χ0n) is 27.7. The molecule has 3 fully saturated rings. The van der Waals surface area contributed by atoms with Crippen molar-refractivity contribution in [2.24, 2.45) is 0 Å². The number of anilines is 4. The number of hydrogen-bond donors (Lipinski definition) is 2. The number of hydrogen-bond acceptors (Lipinski definition) is 10. The Morgan fingerprint density at radius 2 is 1.26 bits per heavy atom. The van der Waals surface area contributed by atoms with Crippen molar-refractivity contribution in [3.05, 3.63) is 54.1 Å². The van der Waals surface area contributed by atoms with Gasteiger partial charge >= 0.3 is 6.03 Å². The Hall–Kier alpha value is -4.33. The highest BCUT2D eigenvalue weighted by atomic mass is 16.5. The minimum atomic E-state index is -0.380. The Labute approximate surface area is 276 Å². The van der Waals surface area contributed by atoms with Crippen LogP contribution in [0.15, 0.2) is 48.5 Å². The van der Waals surface area contributed by atoms with E-state index in [0.717, 1.165) is 31.5 Å². The molecular weight excluding hydrogens is 598 g/mol. The summed E-state index contributed by atoms with van der Waals surface area (Å²) in [6, 6.07) is 14.9. The molecule has 0 radical (unpaired) electrons. The van der Waals surface area contributed by atoms with E-state index in [0.29, 0.717) is 80.2 Å². The van der Waals surface area contributed by atoms with Crippen LogP contribution in [0.3, 0.4) is 0 Å². The van der Waals surface area contributed by atoms with Crippen LogP contribution in [0.25, 0.3) is 11.4 Å². The summed E-state index contributed by atoms with van der Waals surface area (Å²) >= 11 is 0. The third-order valence-electron chi connectivity index (χ3n) is 9.13. The normalized spacial score (nSPS) is 20.7. The van der Waals surface area contributed by atoms with Crippen LogP contribution in [0.5, 0.6) is 0 Å². The first-order valence-corrected chi connectivity index (χ1v) is 16.4. The first-order valence-electron chi connectivity index (χ1n) is 16.4. The van der Waals surface area contributed by atoms with E-state index in [9.17, 15) is 9.59 Å². The van der Waals surface area contributed by atoms with Crippen molar-refractivity contribution < 1.29 is 19.1 Å². The monoisotopic (exact) mass is 643 g/mol. The molecular formula is C34H45N9O4. The Kier molecular flexibility index (Phi) is 10.1. The predicted molar refractivity (Wildman–Crippen MR) is 182 cm³/mol. The number of nitrogens with zero attached hydrogens (tertiary/aromatic N) is 7. The van der Waals surface area contributed by atoms with E-state index < -0.39 is 0 Å². The number of urea groups is 1. The van der Waals surface area contributed by atoms with Gasteiger partial charge in [0, 0.05) is 54.7 Å². The smallest absolute Gasteiger partial charge is 0.323 e. The lowest BCUT2D eigenvalue weighted by Gasteiger charge is -2.36. The van der Waals surface area contributed by atoms with Gasteiger partial charge in [0.25, 0.3) is 5.91 Å². The highest BCUT2D eigenvalue weighted by Gasteiger charge is 2.28. The largest absolute Gasteiger partial charge is 0.377 e. The average Bonchev–Trinajstić information content (AvgIpc) is 3.09. The van der Waals surface area contributed by atoms with Crippen molar-refractivity contribution in [2.75, 3.05) is 87.1 Å². The molecule has 1 aromatic heterocycles. The number of carbonyl (C=O) groups excluding carboxylic acids is 2. The van der Waals surface area contributed by atoms with Gasteiger partial charge < -0.3 is 39.7 Å². The van der Waals surface area contributed by atoms with Gasteiger partial charge in [-0.25, -0.2) is 4.79 Å². The van der Waals surface area contributed by atoms with E-state index in [1.807, 2.05) is 29.2 Å². The van der Waals surface area contributed by atoms with Gasteiger partial charge in [0.1, 0.15) is 0 Å². The van der Waals surface area contributed by atoms with Crippen molar-refractivity contribution in [2.45, 2.75) is 44.8 Å². The van der Waals surface area contributed by atoms with Crippen molar-refractivity contribution >= 4 is 35.2 Å². The van der Waals surface area contributed by atoms with E-state index in [4.69, 9.17) is 24.4 Å². The molecule has 250 valence electrons. The van der Waals surface area contributed by atoms with Crippen molar-refractivity contribution in [1.82, 2.24) is 24.8 Å². The van der Waals surface area contributed by atoms with Crippen molar-refractivity contribution in [1.29, 1.82) is 0 Å². The zero-order valence-corrected chi connectivity index (χ0v) is 27.7. The molecule has 0 unspecified atom stereocenters. The van der Waals surface area contributed by atoms with Crippen LogP contribution in [0, 0.1) is 0 Å². The first kappa shape index (κ1) is 32.6. The predicted octanol–water partition coefficient (Wildman–Crippen LogP) is 3.80. The van der Waals surface area contributed by atoms with Gasteiger partial charge in [-0.05, 0) is 89.3 Å². The molecule has 3 aliphatic rings. The minimum absolute atomic E-state index is 0.0228. The molecule has 3 amide bonds. The number of morpholine rings is 2. The number of benzene rings is 2. The number of rotatable bonds is 7. The summed E-state index contributed by atoms with van der Waals surface area (Å²) in [4.78, 5) is 48.9. The number of aromatic nitrogens is 3. The zero-order chi connectivity index (χ0) is 32.9. The number of piperidine rings is 1. The number of nitrogens with one attached hydrogen (secondary N) is 2. The maximum atomic E-state index is 13.0. The molecule has 3 saturated heterocycles. The van der Waals surface area contributed by atoms with Crippen LogP contribution < -0.4 is 20.4 Å². The van der Waals surface area contributed by atoms with Gasteiger partial charge in [0.05, 0.1) is 38.5 Å². The van der Waals surface area contributed by atoms with Gasteiger partial charge in [-0.2, -0.15) is 15.0 Å². The molecule has 0 saturated carbocycles. The molecule has 0 aliphatic carbocycles. The van der Waals surface area contributed by atoms with Gasteiger partial charge in [-0.1, -0.05) is 0 Å². The van der Waals surface area contributed by atoms with Crippen molar-refractivity contribution in [3.8, 4) is 11.4 Å². The molecule has 2 atom stereocenters. The van der Waals surface area contributed by atoms with Crippen LogP contribution >= 0.6 is 0 Å². The molecule has 0 spiro atoms. The topological polar surface area (TPSA) is 128 Å². The van der Waals surface area contributed by atoms with E-state index in [-0.39, 0.29) is 24.0 Å². The molecule has 0 bridgehead atoms. The third kappa shape index (κ3) is 7.80. The summed E-state index contributed by atoms with van der Waals surface area (Å²) in [5.41, 5.74) is 2.65. The number of amides is 3. The van der Waals surface area contributed by atoms with Gasteiger partial charge in [-0.3, -0.25) is 4.79 Å². The summed E-state index contributed by atoms with van der Waals surface area (Å²) in [5.74, 6) is 1.84. The van der Waals surface area contributed by atoms with E-state index in [1.54, 1.807) is 24.3 Å². The molecule has 47 heavy (non-hydrogen) atoms. The number of carbonyl (C=O) groups is 2. The summed E-state index contributed by atoms with van der Waals surface area (Å²) in [6.45, 7) is 9.59. The lowest BCUT2D eigenvalue weighted by atomic mass is 10.0. The van der Waals surface area contributed by atoms with Crippen LogP contribution in [0.1, 0.15) is 37.0 Å². The summed E-state index contributed by atoms with van der Waals surface area (Å²) < 4.78 is 11.3. The average molecular weight is 644 g/mol. The minimum Gasteiger partial charge on any atom is -0.377 e. The quantitative estimate of drug-likeness (QED) is 0.393. The fraction of sp³-hybridized carbons (Fsp3) is 0.500. The lowest BCUT2D eigenvalue weighted by molar-refractivity contribution is 0.0663. The lowest BCUT2D eigenvalue weighted by Crippen LogP contribution is -2.46. The van der Waals surface area contributed by atoms with E-state index >= 15 is 0 Å². The fourth-order valence-corrected chi connectivity index (χ4v) is 6.25. The van der Waals surface area contributed by atoms with Crippen molar-refractivity contribution in [3.63, 3.8) is 0 Å². The summed E-state index contributed by atoms with van der Waals surface area (Å²) in [5, 5.41) is 5.73. The molecule has 4 heterocycles. The molecule has 13 nitrogen and oxygen atoms in total. The van der Waals surface area contributed by atoms with E-state index in [2.05, 4.69) is 53.3 Å². The third-order valence-corrected chi connectivity index (χ3v) is 9.13. The van der Waals surface area contributed by atoms with Gasteiger partial charge in [-0.15, -0.1) is 0 Å². The Balaban J connectivity index is 1.10. The maximum Gasteiger partial charge on any atom is 0.323 e. The Bertz CT molecular complexity index is 1490. The van der Waals surface area contributed by atoms with Crippen LogP contribution in [-0.4, -0.2) is 122 Å². The number of likely N-dealkylation sites (tertiary alicyclic amines) is 1. The van der Waals surface area contributed by atoms with Crippen LogP contribution in [-0.2, 0) is 9.47 Å². The Morgan fingerprint density at radius 1 is 0.745 bits per heavy atom. The maximum absolute atomic E-state index is 13.0. The summed E-state index contributed by atoms with van der Waals surface area (Å²) in [7, 11) is 4.17.